The van der Waals surface area contributed by atoms with Crippen LogP contribution in [0.2, 0.25) is 0 Å². The maximum Gasteiger partial charge on any atom is 0.251 e. The summed E-state index contributed by atoms with van der Waals surface area (Å²) in [5, 5.41) is 15.0. The van der Waals surface area contributed by atoms with Crippen molar-refractivity contribution in [3.05, 3.63) is 47.3 Å². The van der Waals surface area contributed by atoms with Crippen LogP contribution in [0, 0.1) is 6.92 Å². The van der Waals surface area contributed by atoms with Crippen molar-refractivity contribution in [3.63, 3.8) is 0 Å². The molecule has 0 fully saturated rings. The van der Waals surface area contributed by atoms with Gasteiger partial charge in [-0.05, 0) is 25.1 Å². The van der Waals surface area contributed by atoms with Crippen LogP contribution in [0.5, 0.6) is 5.75 Å². The summed E-state index contributed by atoms with van der Waals surface area (Å²) in [5.74, 6) is 0.341. The van der Waals surface area contributed by atoms with E-state index in [0.717, 1.165) is 11.3 Å². The first-order valence-corrected chi connectivity index (χ1v) is 6.22. The molecule has 106 valence electrons. The third-order valence-electron chi connectivity index (χ3n) is 2.74. The molecule has 0 aliphatic rings. The van der Waals surface area contributed by atoms with Gasteiger partial charge in [0.1, 0.15) is 18.6 Å². The van der Waals surface area contributed by atoms with E-state index >= 15 is 0 Å². The summed E-state index contributed by atoms with van der Waals surface area (Å²) in [7, 11) is 0. The summed E-state index contributed by atoms with van der Waals surface area (Å²) in [6.45, 7) is 2.30. The van der Waals surface area contributed by atoms with Gasteiger partial charge >= 0.3 is 0 Å². The summed E-state index contributed by atoms with van der Waals surface area (Å²) >= 11 is 0. The molecule has 2 rings (SSSR count). The largest absolute Gasteiger partial charge is 0.489 e. The lowest BCUT2D eigenvalue weighted by molar-refractivity contribution is 0.0944. The summed E-state index contributed by atoms with van der Waals surface area (Å²) in [5.41, 5.74) is 2.12. The molecule has 0 radical (unpaired) electrons. The van der Waals surface area contributed by atoms with Gasteiger partial charge in [0.15, 0.2) is 0 Å². The first kappa shape index (κ1) is 14.1. The number of ether oxygens (including phenoxy) is 1. The normalized spacial score (nSPS) is 10.3. The average Bonchev–Trinajstić information content (AvgIpc) is 2.88. The van der Waals surface area contributed by atoms with Crippen molar-refractivity contribution in [2.75, 3.05) is 13.2 Å². The van der Waals surface area contributed by atoms with E-state index in [9.17, 15) is 4.79 Å². The lowest BCUT2D eigenvalue weighted by atomic mass is 10.2. The van der Waals surface area contributed by atoms with E-state index in [1.165, 1.54) is 6.26 Å². The van der Waals surface area contributed by atoms with Crippen molar-refractivity contribution in [1.29, 1.82) is 0 Å². The van der Waals surface area contributed by atoms with Crippen molar-refractivity contribution >= 4 is 5.91 Å². The number of amides is 1. The van der Waals surface area contributed by atoms with Crippen molar-refractivity contribution in [3.8, 4) is 5.75 Å². The molecule has 1 aromatic carbocycles. The van der Waals surface area contributed by atoms with Crippen LogP contribution >= 0.6 is 0 Å². The van der Waals surface area contributed by atoms with Gasteiger partial charge in [0, 0.05) is 12.1 Å². The second-order valence-corrected chi connectivity index (χ2v) is 4.22. The zero-order valence-corrected chi connectivity index (χ0v) is 11.1. The fourth-order valence-corrected chi connectivity index (χ4v) is 1.61. The van der Waals surface area contributed by atoms with Crippen molar-refractivity contribution in [1.82, 2.24) is 10.5 Å². The Labute approximate surface area is 116 Å². The monoisotopic (exact) mass is 276 g/mol. The van der Waals surface area contributed by atoms with Gasteiger partial charge in [-0.15, -0.1) is 0 Å². The van der Waals surface area contributed by atoms with Gasteiger partial charge in [-0.25, -0.2) is 0 Å². The smallest absolute Gasteiger partial charge is 0.251 e. The average molecular weight is 276 g/mol. The van der Waals surface area contributed by atoms with Crippen LogP contribution in [0.25, 0.3) is 0 Å². The maximum atomic E-state index is 11.7. The molecule has 0 spiro atoms. The predicted octanol–water partition coefficient (Wildman–Crippen LogP) is 1.28. The molecular weight excluding hydrogens is 260 g/mol. The Balaban J connectivity index is 1.99. The number of aliphatic hydroxyl groups excluding tert-OH is 1. The molecule has 6 nitrogen and oxygen atoms in total. The van der Waals surface area contributed by atoms with Crippen LogP contribution in [-0.4, -0.2) is 29.3 Å². The molecule has 0 bridgehead atoms. The number of rotatable bonds is 6. The molecule has 6 heteroatoms. The zero-order chi connectivity index (χ0) is 14.4. The van der Waals surface area contributed by atoms with E-state index in [1.807, 2.05) is 6.92 Å². The number of aliphatic hydroxyl groups is 1. The molecular formula is C14H16N2O4. The molecule has 20 heavy (non-hydrogen) atoms. The third-order valence-corrected chi connectivity index (χ3v) is 2.74. The molecule has 1 aromatic heterocycles. The summed E-state index contributed by atoms with van der Waals surface area (Å²) in [6, 6.07) is 6.84. The molecule has 0 aliphatic heterocycles. The standard InChI is InChI=1S/C14H16N2O4/c1-10-12(9-20-16-10)8-19-13-4-2-3-11(7-13)14(18)15-5-6-17/h2-4,7,9,17H,5-6,8H2,1H3,(H,15,18). The maximum absolute atomic E-state index is 11.7. The lowest BCUT2D eigenvalue weighted by Gasteiger charge is -2.07. The van der Waals surface area contributed by atoms with Gasteiger partial charge in [-0.2, -0.15) is 0 Å². The van der Waals surface area contributed by atoms with E-state index in [4.69, 9.17) is 14.4 Å². The number of hydrogen-bond acceptors (Lipinski definition) is 5. The Hall–Kier alpha value is -2.34. The highest BCUT2D eigenvalue weighted by molar-refractivity contribution is 5.94. The molecule has 2 N–H and O–H groups in total. The van der Waals surface area contributed by atoms with Crippen LogP contribution in [0.15, 0.2) is 35.1 Å². The SMILES string of the molecule is Cc1nocc1COc1cccc(C(=O)NCCO)c1. The molecule has 0 aliphatic carbocycles. The molecule has 0 saturated carbocycles. The first-order chi connectivity index (χ1) is 9.70. The summed E-state index contributed by atoms with van der Waals surface area (Å²) < 4.78 is 10.4. The molecule has 0 unspecified atom stereocenters. The van der Waals surface area contributed by atoms with Gasteiger partial charge in [0.05, 0.1) is 17.9 Å². The van der Waals surface area contributed by atoms with Gasteiger partial charge < -0.3 is 19.7 Å². The topological polar surface area (TPSA) is 84.6 Å². The van der Waals surface area contributed by atoms with E-state index < -0.39 is 0 Å². The molecule has 0 saturated heterocycles. The molecule has 1 heterocycles. The Bertz CT molecular complexity index is 580. The predicted molar refractivity (Wildman–Crippen MR) is 71.4 cm³/mol. The minimum atomic E-state index is -0.245. The van der Waals surface area contributed by atoms with Gasteiger partial charge in [-0.1, -0.05) is 11.2 Å². The Kier molecular flexibility index (Phi) is 4.73. The van der Waals surface area contributed by atoms with Crippen molar-refractivity contribution in [2.45, 2.75) is 13.5 Å². The number of carbonyl (C=O) groups excluding carboxylic acids is 1. The van der Waals surface area contributed by atoms with Crippen molar-refractivity contribution in [2.24, 2.45) is 0 Å². The highest BCUT2D eigenvalue weighted by Crippen LogP contribution is 2.16. The summed E-state index contributed by atoms with van der Waals surface area (Å²) in [4.78, 5) is 11.7. The van der Waals surface area contributed by atoms with Crippen LogP contribution in [-0.2, 0) is 6.61 Å². The molecule has 0 atom stereocenters. The van der Waals surface area contributed by atoms with E-state index in [0.29, 0.717) is 17.9 Å². The number of carbonyl (C=O) groups is 1. The van der Waals surface area contributed by atoms with E-state index in [1.54, 1.807) is 24.3 Å². The highest BCUT2D eigenvalue weighted by Gasteiger charge is 2.07. The zero-order valence-electron chi connectivity index (χ0n) is 11.1. The number of nitrogens with one attached hydrogen (secondary N) is 1. The van der Waals surface area contributed by atoms with Crippen LogP contribution in [0.1, 0.15) is 21.6 Å². The number of aromatic nitrogens is 1. The Morgan fingerprint density at radius 3 is 3.05 bits per heavy atom. The van der Waals surface area contributed by atoms with Gasteiger partial charge in [0.25, 0.3) is 5.91 Å². The van der Waals surface area contributed by atoms with Gasteiger partial charge in [-0.3, -0.25) is 4.79 Å². The minimum Gasteiger partial charge on any atom is -0.489 e. The first-order valence-electron chi connectivity index (χ1n) is 6.22. The van der Waals surface area contributed by atoms with Crippen molar-refractivity contribution < 1.29 is 19.2 Å². The van der Waals surface area contributed by atoms with Crippen LogP contribution in [0.4, 0.5) is 0 Å². The van der Waals surface area contributed by atoms with Gasteiger partial charge in [0.2, 0.25) is 0 Å². The highest BCUT2D eigenvalue weighted by atomic mass is 16.5. The number of nitrogens with zero attached hydrogens (tertiary/aromatic N) is 1. The van der Waals surface area contributed by atoms with Crippen LogP contribution in [0.3, 0.4) is 0 Å². The Morgan fingerprint density at radius 1 is 1.50 bits per heavy atom. The van der Waals surface area contributed by atoms with E-state index in [-0.39, 0.29) is 19.1 Å². The van der Waals surface area contributed by atoms with E-state index in [2.05, 4.69) is 10.5 Å². The number of benzene rings is 1. The number of hydrogen-bond donors (Lipinski definition) is 2. The summed E-state index contributed by atoms with van der Waals surface area (Å²) in [6.07, 6.45) is 1.53. The Morgan fingerprint density at radius 2 is 2.35 bits per heavy atom. The fourth-order valence-electron chi connectivity index (χ4n) is 1.61. The fraction of sp³-hybridized carbons (Fsp3) is 0.286. The number of aryl methyl sites for hydroxylation is 1. The minimum absolute atomic E-state index is 0.0886. The van der Waals surface area contributed by atoms with Crippen LogP contribution < -0.4 is 10.1 Å². The molecule has 1 amide bonds. The second kappa shape index (κ2) is 6.72. The third kappa shape index (κ3) is 3.58. The lowest BCUT2D eigenvalue weighted by Crippen LogP contribution is -2.26. The quantitative estimate of drug-likeness (QED) is 0.830. The second-order valence-electron chi connectivity index (χ2n) is 4.22. The molecule has 2 aromatic rings.